The van der Waals surface area contributed by atoms with E-state index in [9.17, 15) is 4.79 Å². The van der Waals surface area contributed by atoms with E-state index in [0.29, 0.717) is 18.7 Å². The van der Waals surface area contributed by atoms with Crippen LogP contribution < -0.4 is 10.6 Å². The predicted molar refractivity (Wildman–Crippen MR) is 110 cm³/mol. The van der Waals surface area contributed by atoms with Crippen LogP contribution in [0, 0.1) is 0 Å². The number of hydrogen-bond acceptors (Lipinski definition) is 6. The fourth-order valence-corrected chi connectivity index (χ4v) is 3.85. The molecular formula is C20H21N5O2S. The van der Waals surface area contributed by atoms with E-state index < -0.39 is 0 Å². The number of amidine groups is 2. The second-order valence-electron chi connectivity index (χ2n) is 6.40. The molecule has 0 saturated heterocycles. The molecule has 144 valence electrons. The standard InChI is InChI=1S/C20H21N5O2S/c26-9-7-22-20(27)15-4-1-3-14(11-15)17-13-24-19-18(21-6-8-25(17)19)23-12-16-5-2-10-28-16/h1-6,8,10-11,17,26H,7,9,12-13H2,(H,21,23)(H,22,27). The molecule has 2 aliphatic rings. The maximum absolute atomic E-state index is 12.2. The Labute approximate surface area is 167 Å². The summed E-state index contributed by atoms with van der Waals surface area (Å²) in [5.74, 6) is 1.39. The molecule has 1 amide bonds. The summed E-state index contributed by atoms with van der Waals surface area (Å²) in [6.07, 6.45) is 3.82. The van der Waals surface area contributed by atoms with E-state index in [1.54, 1.807) is 17.4 Å². The number of aliphatic imine (C=N–C) groups is 2. The average molecular weight is 395 g/mol. The fraction of sp³-hybridized carbons (Fsp3) is 0.250. The molecule has 0 spiro atoms. The SMILES string of the molecule is O=C(NCCO)c1cccc(C2CN=C3C(=NCc4cccs4)NC=CN32)c1. The van der Waals surface area contributed by atoms with Crippen molar-refractivity contribution in [2.75, 3.05) is 19.7 Å². The maximum Gasteiger partial charge on any atom is 0.251 e. The number of thiophene rings is 1. The number of aliphatic hydroxyl groups excluding tert-OH is 1. The van der Waals surface area contributed by atoms with Crippen molar-refractivity contribution >= 4 is 28.9 Å². The van der Waals surface area contributed by atoms with Crippen LogP contribution in [0.25, 0.3) is 0 Å². The Hall–Kier alpha value is -2.97. The van der Waals surface area contributed by atoms with Crippen molar-refractivity contribution in [1.29, 1.82) is 0 Å². The van der Waals surface area contributed by atoms with Crippen molar-refractivity contribution in [3.63, 3.8) is 0 Å². The summed E-state index contributed by atoms with van der Waals surface area (Å²) in [5.41, 5.74) is 1.59. The molecule has 2 aliphatic heterocycles. The minimum Gasteiger partial charge on any atom is -0.395 e. The molecule has 28 heavy (non-hydrogen) atoms. The van der Waals surface area contributed by atoms with E-state index in [1.165, 1.54) is 4.88 Å². The summed E-state index contributed by atoms with van der Waals surface area (Å²) < 4.78 is 0. The second-order valence-corrected chi connectivity index (χ2v) is 7.43. The van der Waals surface area contributed by atoms with Gasteiger partial charge in [-0.3, -0.25) is 14.8 Å². The number of nitrogens with zero attached hydrogens (tertiary/aromatic N) is 3. The summed E-state index contributed by atoms with van der Waals surface area (Å²) in [5, 5.41) is 16.8. The molecule has 1 atom stereocenters. The Morgan fingerprint density at radius 1 is 1.39 bits per heavy atom. The lowest BCUT2D eigenvalue weighted by Gasteiger charge is -2.28. The summed E-state index contributed by atoms with van der Waals surface area (Å²) in [6, 6.07) is 11.6. The number of hydrogen-bond donors (Lipinski definition) is 3. The highest BCUT2D eigenvalue weighted by molar-refractivity contribution is 7.09. The Bertz CT molecular complexity index is 936. The van der Waals surface area contributed by atoms with Crippen molar-refractivity contribution < 1.29 is 9.90 Å². The number of amides is 1. The van der Waals surface area contributed by atoms with Crippen molar-refractivity contribution in [1.82, 2.24) is 15.5 Å². The molecule has 8 heteroatoms. The van der Waals surface area contributed by atoms with Gasteiger partial charge in [0.05, 0.1) is 25.7 Å². The van der Waals surface area contributed by atoms with E-state index in [1.807, 2.05) is 42.0 Å². The molecule has 3 heterocycles. The van der Waals surface area contributed by atoms with Gasteiger partial charge in [0.2, 0.25) is 0 Å². The average Bonchev–Trinajstić information content (AvgIpc) is 3.40. The van der Waals surface area contributed by atoms with E-state index in [2.05, 4.69) is 31.6 Å². The molecule has 1 aromatic carbocycles. The topological polar surface area (TPSA) is 89.3 Å². The third kappa shape index (κ3) is 3.83. The summed E-state index contributed by atoms with van der Waals surface area (Å²) in [6.45, 7) is 1.38. The molecule has 7 nitrogen and oxygen atoms in total. The normalized spacial score (nSPS) is 19.3. The highest BCUT2D eigenvalue weighted by atomic mass is 32.1. The van der Waals surface area contributed by atoms with E-state index in [0.717, 1.165) is 17.2 Å². The fourth-order valence-electron chi connectivity index (χ4n) is 3.22. The molecule has 0 saturated carbocycles. The summed E-state index contributed by atoms with van der Waals surface area (Å²) in [4.78, 5) is 24.9. The van der Waals surface area contributed by atoms with Crippen LogP contribution in [-0.4, -0.2) is 47.3 Å². The number of nitrogens with one attached hydrogen (secondary N) is 2. The quantitative estimate of drug-likeness (QED) is 0.697. The second kappa shape index (κ2) is 8.37. The van der Waals surface area contributed by atoms with Crippen LogP contribution >= 0.6 is 11.3 Å². The zero-order chi connectivity index (χ0) is 19.3. The van der Waals surface area contributed by atoms with Crippen LogP contribution in [0.1, 0.15) is 26.8 Å². The number of carbonyl (C=O) groups is 1. The number of aliphatic hydroxyl groups is 1. The van der Waals surface area contributed by atoms with E-state index in [-0.39, 0.29) is 25.1 Å². The lowest BCUT2D eigenvalue weighted by Crippen LogP contribution is -2.41. The Morgan fingerprint density at radius 3 is 3.14 bits per heavy atom. The number of benzene rings is 1. The van der Waals surface area contributed by atoms with Crippen molar-refractivity contribution in [2.24, 2.45) is 9.98 Å². The Morgan fingerprint density at radius 2 is 2.32 bits per heavy atom. The van der Waals surface area contributed by atoms with Crippen LogP contribution in [0.5, 0.6) is 0 Å². The van der Waals surface area contributed by atoms with Crippen LogP contribution in [0.15, 0.2) is 64.2 Å². The third-order valence-electron chi connectivity index (χ3n) is 4.57. The smallest absolute Gasteiger partial charge is 0.251 e. The molecule has 0 aliphatic carbocycles. The third-order valence-corrected chi connectivity index (χ3v) is 5.43. The minimum atomic E-state index is -0.191. The Balaban J connectivity index is 1.51. The first kappa shape index (κ1) is 18.4. The van der Waals surface area contributed by atoms with Gasteiger partial charge >= 0.3 is 0 Å². The first-order chi connectivity index (χ1) is 13.8. The zero-order valence-corrected chi connectivity index (χ0v) is 16.0. The molecule has 0 radical (unpaired) electrons. The predicted octanol–water partition coefficient (Wildman–Crippen LogP) is 1.90. The highest BCUT2D eigenvalue weighted by Gasteiger charge is 2.32. The van der Waals surface area contributed by atoms with Crippen LogP contribution in [0.3, 0.4) is 0 Å². The lowest BCUT2D eigenvalue weighted by atomic mass is 10.0. The van der Waals surface area contributed by atoms with Crippen molar-refractivity contribution in [3.05, 3.63) is 70.2 Å². The van der Waals surface area contributed by atoms with E-state index in [4.69, 9.17) is 5.11 Å². The van der Waals surface area contributed by atoms with Crippen LogP contribution in [-0.2, 0) is 6.54 Å². The maximum atomic E-state index is 12.2. The highest BCUT2D eigenvalue weighted by Crippen LogP contribution is 2.29. The van der Waals surface area contributed by atoms with Gasteiger partial charge in [0, 0.05) is 29.4 Å². The minimum absolute atomic E-state index is 0.0193. The molecule has 0 fully saturated rings. The molecule has 0 bridgehead atoms. The molecule has 3 N–H and O–H groups in total. The Kier molecular flexibility index (Phi) is 5.50. The lowest BCUT2D eigenvalue weighted by molar-refractivity contribution is 0.0944. The summed E-state index contributed by atoms with van der Waals surface area (Å²) in [7, 11) is 0. The van der Waals surface area contributed by atoms with Gasteiger partial charge in [0.25, 0.3) is 5.91 Å². The first-order valence-electron chi connectivity index (χ1n) is 9.08. The van der Waals surface area contributed by atoms with E-state index >= 15 is 0 Å². The van der Waals surface area contributed by atoms with Gasteiger partial charge in [0.15, 0.2) is 11.7 Å². The van der Waals surface area contributed by atoms with Crippen LogP contribution in [0.2, 0.25) is 0 Å². The van der Waals surface area contributed by atoms with Crippen molar-refractivity contribution in [2.45, 2.75) is 12.6 Å². The number of carbonyl (C=O) groups excluding carboxylic acids is 1. The van der Waals surface area contributed by atoms with Gasteiger partial charge < -0.3 is 20.6 Å². The summed E-state index contributed by atoms with van der Waals surface area (Å²) >= 11 is 1.68. The molecule has 1 unspecified atom stereocenters. The number of fused-ring (bicyclic) bond motifs is 1. The van der Waals surface area contributed by atoms with Gasteiger partial charge in [-0.25, -0.2) is 0 Å². The molecule has 4 rings (SSSR count). The van der Waals surface area contributed by atoms with Gasteiger partial charge in [-0.2, -0.15) is 0 Å². The number of rotatable bonds is 6. The van der Waals surface area contributed by atoms with Crippen LogP contribution in [0.4, 0.5) is 0 Å². The zero-order valence-electron chi connectivity index (χ0n) is 15.2. The molecular weight excluding hydrogens is 374 g/mol. The first-order valence-corrected chi connectivity index (χ1v) is 9.96. The van der Waals surface area contributed by atoms with Gasteiger partial charge in [0.1, 0.15) is 0 Å². The van der Waals surface area contributed by atoms with Gasteiger partial charge in [-0.1, -0.05) is 18.2 Å². The molecule has 1 aromatic heterocycles. The van der Waals surface area contributed by atoms with Gasteiger partial charge in [-0.15, -0.1) is 11.3 Å². The van der Waals surface area contributed by atoms with Gasteiger partial charge in [-0.05, 0) is 29.1 Å². The van der Waals surface area contributed by atoms with Crippen molar-refractivity contribution in [3.8, 4) is 0 Å². The molecule has 2 aromatic rings. The monoisotopic (exact) mass is 395 g/mol. The largest absolute Gasteiger partial charge is 0.395 e.